The summed E-state index contributed by atoms with van der Waals surface area (Å²) >= 11 is 0. The number of amides is 1. The Balaban J connectivity index is 2.22. The molecule has 0 fully saturated rings. The van der Waals surface area contributed by atoms with Crippen LogP contribution in [0.15, 0.2) is 36.7 Å². The maximum absolute atomic E-state index is 12.0. The van der Waals surface area contributed by atoms with Gasteiger partial charge in [0.05, 0.1) is 17.4 Å². The topological polar surface area (TPSA) is 62.2 Å². The van der Waals surface area contributed by atoms with Crippen molar-refractivity contribution >= 4 is 11.6 Å². The first-order valence-corrected chi connectivity index (χ1v) is 5.59. The Hall–Kier alpha value is -2.36. The van der Waals surface area contributed by atoms with Gasteiger partial charge < -0.3 is 10.4 Å². The summed E-state index contributed by atoms with van der Waals surface area (Å²) in [5, 5.41) is 12.4. The number of aromatic nitrogens is 1. The van der Waals surface area contributed by atoms with E-state index in [9.17, 15) is 9.90 Å². The number of nitrogens with one attached hydrogen (secondary N) is 1. The number of phenols is 1. The van der Waals surface area contributed by atoms with Gasteiger partial charge in [-0.2, -0.15) is 0 Å². The maximum Gasteiger partial charge on any atom is 0.259 e. The predicted molar refractivity (Wildman–Crippen MR) is 69.8 cm³/mol. The van der Waals surface area contributed by atoms with Crippen molar-refractivity contribution in [1.29, 1.82) is 0 Å². The van der Waals surface area contributed by atoms with Gasteiger partial charge in [-0.25, -0.2) is 0 Å². The number of rotatable bonds is 2. The molecule has 2 aromatic rings. The first kappa shape index (κ1) is 12.1. The number of carbonyl (C=O) groups is 1. The molecule has 1 amide bonds. The monoisotopic (exact) mass is 242 g/mol. The third-order valence-corrected chi connectivity index (χ3v) is 2.53. The fourth-order valence-corrected chi connectivity index (χ4v) is 1.66. The zero-order chi connectivity index (χ0) is 13.1. The minimum Gasteiger partial charge on any atom is -0.507 e. The van der Waals surface area contributed by atoms with Crippen LogP contribution in [0.5, 0.6) is 5.75 Å². The lowest BCUT2D eigenvalue weighted by atomic mass is 10.1. The van der Waals surface area contributed by atoms with Crippen molar-refractivity contribution in [3.8, 4) is 5.75 Å². The molecule has 2 rings (SSSR count). The Morgan fingerprint density at radius 3 is 2.61 bits per heavy atom. The SMILES string of the molecule is Cc1cncc(NC(=O)c2ccc(C)cc2O)c1. The molecule has 0 bridgehead atoms. The maximum atomic E-state index is 12.0. The van der Waals surface area contributed by atoms with Crippen molar-refractivity contribution in [2.75, 3.05) is 5.32 Å². The lowest BCUT2D eigenvalue weighted by Crippen LogP contribution is -2.12. The molecule has 0 saturated carbocycles. The molecule has 1 aromatic heterocycles. The molecule has 1 aromatic carbocycles. The zero-order valence-corrected chi connectivity index (χ0v) is 10.3. The minimum atomic E-state index is -0.347. The Bertz CT molecular complexity index is 594. The minimum absolute atomic E-state index is 0.0203. The number of anilines is 1. The highest BCUT2D eigenvalue weighted by Crippen LogP contribution is 2.20. The number of pyridine rings is 1. The van der Waals surface area contributed by atoms with Gasteiger partial charge >= 0.3 is 0 Å². The smallest absolute Gasteiger partial charge is 0.259 e. The second-order valence-electron chi connectivity index (χ2n) is 4.23. The fraction of sp³-hybridized carbons (Fsp3) is 0.143. The third-order valence-electron chi connectivity index (χ3n) is 2.53. The molecule has 0 aliphatic heterocycles. The van der Waals surface area contributed by atoms with Crippen molar-refractivity contribution in [3.05, 3.63) is 53.3 Å². The quantitative estimate of drug-likeness (QED) is 0.851. The summed E-state index contributed by atoms with van der Waals surface area (Å²) in [7, 11) is 0. The van der Waals surface area contributed by atoms with E-state index in [1.807, 2.05) is 19.9 Å². The van der Waals surface area contributed by atoms with Gasteiger partial charge in [-0.15, -0.1) is 0 Å². The number of phenolic OH excluding ortho intramolecular Hbond substituents is 1. The number of aryl methyl sites for hydroxylation is 2. The first-order chi connectivity index (χ1) is 8.56. The normalized spacial score (nSPS) is 10.1. The van der Waals surface area contributed by atoms with E-state index in [1.165, 1.54) is 0 Å². The van der Waals surface area contributed by atoms with E-state index in [0.29, 0.717) is 5.69 Å². The van der Waals surface area contributed by atoms with Crippen LogP contribution in [0.25, 0.3) is 0 Å². The van der Waals surface area contributed by atoms with Gasteiger partial charge in [-0.05, 0) is 43.2 Å². The molecular weight excluding hydrogens is 228 g/mol. The summed E-state index contributed by atoms with van der Waals surface area (Å²) in [5.41, 5.74) is 2.73. The second-order valence-corrected chi connectivity index (χ2v) is 4.23. The number of nitrogens with zero attached hydrogens (tertiary/aromatic N) is 1. The van der Waals surface area contributed by atoms with Crippen molar-refractivity contribution in [2.45, 2.75) is 13.8 Å². The van der Waals surface area contributed by atoms with Crippen molar-refractivity contribution in [1.82, 2.24) is 4.98 Å². The Labute approximate surface area is 105 Å². The third kappa shape index (κ3) is 2.66. The molecule has 4 heteroatoms. The van der Waals surface area contributed by atoms with Crippen LogP contribution in [0.2, 0.25) is 0 Å². The van der Waals surface area contributed by atoms with E-state index < -0.39 is 0 Å². The summed E-state index contributed by atoms with van der Waals surface area (Å²) in [6.07, 6.45) is 3.27. The largest absolute Gasteiger partial charge is 0.507 e. The molecular formula is C14H14N2O2. The van der Waals surface area contributed by atoms with Crippen LogP contribution in [0.1, 0.15) is 21.5 Å². The van der Waals surface area contributed by atoms with E-state index >= 15 is 0 Å². The van der Waals surface area contributed by atoms with Gasteiger partial charge in [0.1, 0.15) is 5.75 Å². The average molecular weight is 242 g/mol. The van der Waals surface area contributed by atoms with Gasteiger partial charge in [0.2, 0.25) is 0 Å². The molecule has 0 aliphatic carbocycles. The molecule has 2 N–H and O–H groups in total. The number of aromatic hydroxyl groups is 1. The molecule has 0 radical (unpaired) electrons. The molecule has 4 nitrogen and oxygen atoms in total. The van der Waals surface area contributed by atoms with Crippen LogP contribution >= 0.6 is 0 Å². The van der Waals surface area contributed by atoms with Crippen molar-refractivity contribution in [3.63, 3.8) is 0 Å². The Morgan fingerprint density at radius 1 is 1.17 bits per heavy atom. The fourth-order valence-electron chi connectivity index (χ4n) is 1.66. The van der Waals surface area contributed by atoms with E-state index in [1.54, 1.807) is 30.6 Å². The summed E-state index contributed by atoms with van der Waals surface area (Å²) < 4.78 is 0. The highest BCUT2D eigenvalue weighted by Gasteiger charge is 2.11. The summed E-state index contributed by atoms with van der Waals surface area (Å²) in [6, 6.07) is 6.76. The molecule has 1 heterocycles. The van der Waals surface area contributed by atoms with Crippen LogP contribution in [0.3, 0.4) is 0 Å². The molecule has 0 aliphatic rings. The highest BCUT2D eigenvalue weighted by atomic mass is 16.3. The van der Waals surface area contributed by atoms with Crippen LogP contribution in [0.4, 0.5) is 5.69 Å². The lowest BCUT2D eigenvalue weighted by molar-refractivity contribution is 0.102. The zero-order valence-electron chi connectivity index (χ0n) is 10.3. The van der Waals surface area contributed by atoms with E-state index in [0.717, 1.165) is 11.1 Å². The summed E-state index contributed by atoms with van der Waals surface area (Å²) in [6.45, 7) is 3.75. The van der Waals surface area contributed by atoms with Crippen LogP contribution in [-0.4, -0.2) is 16.0 Å². The van der Waals surface area contributed by atoms with E-state index in [4.69, 9.17) is 0 Å². The van der Waals surface area contributed by atoms with Crippen molar-refractivity contribution < 1.29 is 9.90 Å². The predicted octanol–water partition coefficient (Wildman–Crippen LogP) is 2.66. The molecule has 0 saturated heterocycles. The standard InChI is InChI=1S/C14H14N2O2/c1-9-3-4-12(13(17)6-9)14(18)16-11-5-10(2)7-15-8-11/h3-8,17H,1-2H3,(H,16,18). The van der Waals surface area contributed by atoms with Crippen LogP contribution in [-0.2, 0) is 0 Å². The highest BCUT2D eigenvalue weighted by molar-refractivity contribution is 6.06. The molecule has 0 unspecified atom stereocenters. The molecule has 92 valence electrons. The van der Waals surface area contributed by atoms with Crippen LogP contribution in [0, 0.1) is 13.8 Å². The van der Waals surface area contributed by atoms with E-state index in [2.05, 4.69) is 10.3 Å². The van der Waals surface area contributed by atoms with Gasteiger partial charge in [-0.3, -0.25) is 9.78 Å². The Morgan fingerprint density at radius 2 is 1.94 bits per heavy atom. The van der Waals surface area contributed by atoms with Crippen molar-refractivity contribution in [2.24, 2.45) is 0 Å². The second kappa shape index (κ2) is 4.87. The van der Waals surface area contributed by atoms with E-state index in [-0.39, 0.29) is 17.2 Å². The number of hydrogen-bond donors (Lipinski definition) is 2. The van der Waals surface area contributed by atoms with Gasteiger partial charge in [0, 0.05) is 6.20 Å². The summed E-state index contributed by atoms with van der Waals surface area (Å²) in [5.74, 6) is -0.368. The first-order valence-electron chi connectivity index (χ1n) is 5.59. The van der Waals surface area contributed by atoms with Crippen LogP contribution < -0.4 is 5.32 Å². The number of carbonyl (C=O) groups excluding carboxylic acids is 1. The van der Waals surface area contributed by atoms with Gasteiger partial charge in [0.15, 0.2) is 0 Å². The number of benzene rings is 1. The molecule has 0 spiro atoms. The lowest BCUT2D eigenvalue weighted by Gasteiger charge is -2.07. The molecule has 18 heavy (non-hydrogen) atoms. The molecule has 0 atom stereocenters. The Kier molecular flexibility index (Phi) is 3.28. The average Bonchev–Trinajstić information content (AvgIpc) is 2.28. The summed E-state index contributed by atoms with van der Waals surface area (Å²) in [4.78, 5) is 15.9. The van der Waals surface area contributed by atoms with Gasteiger partial charge in [-0.1, -0.05) is 6.07 Å². The van der Waals surface area contributed by atoms with Gasteiger partial charge in [0.25, 0.3) is 5.91 Å². The number of hydrogen-bond acceptors (Lipinski definition) is 3.